The molecule has 2 aromatic carbocycles. The van der Waals surface area contributed by atoms with Crippen LogP contribution < -0.4 is 0 Å². The fraction of sp³-hybridized carbons (Fsp3) is 0.143. The highest BCUT2D eigenvalue weighted by Crippen LogP contribution is 2.33. The number of rotatable bonds is 4. The van der Waals surface area contributed by atoms with Crippen LogP contribution in [0.4, 0.5) is 4.39 Å². The van der Waals surface area contributed by atoms with E-state index in [0.29, 0.717) is 5.56 Å². The number of hydrogen-bond donors (Lipinski definition) is 2. The molecule has 0 saturated heterocycles. The van der Waals surface area contributed by atoms with Crippen molar-refractivity contribution in [3.8, 4) is 0 Å². The second-order valence-corrected chi connectivity index (χ2v) is 4.86. The predicted octanol–water partition coefficient (Wildman–Crippen LogP) is 2.96. The summed E-state index contributed by atoms with van der Waals surface area (Å²) in [5.74, 6) is -0.362. The highest BCUT2D eigenvalue weighted by molar-refractivity contribution is 7.99. The maximum absolute atomic E-state index is 13.1. The molecular weight excluding hydrogens is 251 g/mol. The molecule has 0 radical (unpaired) electrons. The molecule has 0 unspecified atom stereocenters. The summed E-state index contributed by atoms with van der Waals surface area (Å²) in [6, 6.07) is 11.8. The first-order valence-corrected chi connectivity index (χ1v) is 6.32. The Hall–Kier alpha value is -1.36. The van der Waals surface area contributed by atoms with E-state index in [-0.39, 0.29) is 19.0 Å². The molecule has 0 heterocycles. The van der Waals surface area contributed by atoms with Gasteiger partial charge >= 0.3 is 0 Å². The van der Waals surface area contributed by atoms with Gasteiger partial charge in [-0.25, -0.2) is 4.39 Å². The Labute approximate surface area is 109 Å². The molecule has 0 bridgehead atoms. The third-order valence-electron chi connectivity index (χ3n) is 2.56. The van der Waals surface area contributed by atoms with Crippen molar-refractivity contribution in [2.75, 3.05) is 0 Å². The summed E-state index contributed by atoms with van der Waals surface area (Å²) in [5.41, 5.74) is 1.36. The number of hydrogen-bond acceptors (Lipinski definition) is 3. The van der Waals surface area contributed by atoms with Gasteiger partial charge in [0.15, 0.2) is 0 Å². The Morgan fingerprint density at radius 3 is 2.28 bits per heavy atom. The normalized spacial score (nSPS) is 10.6. The average Bonchev–Trinajstić information content (AvgIpc) is 2.41. The first kappa shape index (κ1) is 13.1. The van der Waals surface area contributed by atoms with Crippen molar-refractivity contribution in [2.45, 2.75) is 23.0 Å². The summed E-state index contributed by atoms with van der Waals surface area (Å²) in [5, 5.41) is 18.5. The smallest absolute Gasteiger partial charge is 0.123 e. The Balaban J connectivity index is 2.33. The lowest BCUT2D eigenvalue weighted by molar-refractivity contribution is 0.278. The van der Waals surface area contributed by atoms with Gasteiger partial charge in [0.2, 0.25) is 0 Å². The first-order valence-electron chi connectivity index (χ1n) is 5.50. The largest absolute Gasteiger partial charge is 0.392 e. The van der Waals surface area contributed by atoms with E-state index in [1.165, 1.54) is 23.9 Å². The van der Waals surface area contributed by atoms with Crippen molar-refractivity contribution in [1.82, 2.24) is 0 Å². The van der Waals surface area contributed by atoms with Crippen molar-refractivity contribution >= 4 is 11.8 Å². The molecule has 0 atom stereocenters. The molecule has 2 aromatic rings. The van der Waals surface area contributed by atoms with Crippen molar-refractivity contribution in [1.29, 1.82) is 0 Å². The maximum Gasteiger partial charge on any atom is 0.123 e. The lowest BCUT2D eigenvalue weighted by atomic mass is 10.2. The van der Waals surface area contributed by atoms with Crippen LogP contribution in [0.1, 0.15) is 11.1 Å². The minimum absolute atomic E-state index is 0.0428. The second kappa shape index (κ2) is 6.00. The van der Waals surface area contributed by atoms with Crippen molar-refractivity contribution in [3.05, 3.63) is 59.4 Å². The van der Waals surface area contributed by atoms with E-state index >= 15 is 0 Å². The van der Waals surface area contributed by atoms with Gasteiger partial charge in [0, 0.05) is 9.79 Å². The molecule has 0 aromatic heterocycles. The fourth-order valence-corrected chi connectivity index (χ4v) is 2.66. The third-order valence-corrected chi connectivity index (χ3v) is 3.79. The van der Waals surface area contributed by atoms with Crippen LogP contribution in [0.25, 0.3) is 0 Å². The van der Waals surface area contributed by atoms with E-state index in [0.717, 1.165) is 15.4 Å². The van der Waals surface area contributed by atoms with Gasteiger partial charge in [-0.2, -0.15) is 0 Å². The fourth-order valence-electron chi connectivity index (χ4n) is 1.62. The number of aliphatic hydroxyl groups is 2. The highest BCUT2D eigenvalue weighted by Gasteiger charge is 2.08. The molecule has 0 aliphatic heterocycles. The zero-order valence-electron chi connectivity index (χ0n) is 9.64. The van der Waals surface area contributed by atoms with Gasteiger partial charge < -0.3 is 10.2 Å². The predicted molar refractivity (Wildman–Crippen MR) is 68.8 cm³/mol. The third kappa shape index (κ3) is 2.90. The van der Waals surface area contributed by atoms with E-state index in [1.54, 1.807) is 6.07 Å². The molecule has 0 amide bonds. The highest BCUT2D eigenvalue weighted by atomic mass is 32.2. The number of halogens is 1. The number of benzene rings is 2. The van der Waals surface area contributed by atoms with Crippen molar-refractivity contribution in [3.63, 3.8) is 0 Å². The van der Waals surface area contributed by atoms with Crippen LogP contribution in [-0.2, 0) is 13.2 Å². The van der Waals surface area contributed by atoms with Gasteiger partial charge in [0.25, 0.3) is 0 Å². The van der Waals surface area contributed by atoms with Crippen LogP contribution in [0.2, 0.25) is 0 Å². The molecule has 4 heteroatoms. The van der Waals surface area contributed by atoms with Crippen LogP contribution in [0, 0.1) is 5.82 Å². The molecule has 2 N–H and O–H groups in total. The van der Waals surface area contributed by atoms with Crippen LogP contribution in [0.5, 0.6) is 0 Å². The first-order chi connectivity index (χ1) is 8.74. The van der Waals surface area contributed by atoms with E-state index in [9.17, 15) is 14.6 Å². The maximum atomic E-state index is 13.1. The van der Waals surface area contributed by atoms with Gasteiger partial charge in [-0.1, -0.05) is 30.0 Å². The summed E-state index contributed by atoms with van der Waals surface area (Å²) < 4.78 is 13.1. The Bertz CT molecular complexity index is 543. The van der Waals surface area contributed by atoms with Crippen LogP contribution in [-0.4, -0.2) is 10.2 Å². The topological polar surface area (TPSA) is 40.5 Å². The van der Waals surface area contributed by atoms with Gasteiger partial charge in [0.05, 0.1) is 13.2 Å². The number of aliphatic hydroxyl groups excluding tert-OH is 2. The molecular formula is C14H13FO2S. The molecule has 0 fully saturated rings. The molecule has 18 heavy (non-hydrogen) atoms. The minimum Gasteiger partial charge on any atom is -0.392 e. The Morgan fingerprint density at radius 1 is 0.889 bits per heavy atom. The summed E-state index contributed by atoms with van der Waals surface area (Å²) in [4.78, 5) is 1.70. The average molecular weight is 264 g/mol. The summed E-state index contributed by atoms with van der Waals surface area (Å²) in [6.07, 6.45) is 0. The lowest BCUT2D eigenvalue weighted by Gasteiger charge is -2.10. The molecule has 2 rings (SSSR count). The van der Waals surface area contributed by atoms with Gasteiger partial charge in [-0.15, -0.1) is 0 Å². The zero-order chi connectivity index (χ0) is 13.0. The SMILES string of the molecule is OCc1ccccc1Sc1ccc(F)cc1CO. The van der Waals surface area contributed by atoms with E-state index in [4.69, 9.17) is 0 Å². The van der Waals surface area contributed by atoms with Crippen LogP contribution in [0.3, 0.4) is 0 Å². The van der Waals surface area contributed by atoms with E-state index < -0.39 is 0 Å². The monoisotopic (exact) mass is 264 g/mol. The molecule has 0 spiro atoms. The zero-order valence-corrected chi connectivity index (χ0v) is 10.5. The van der Waals surface area contributed by atoms with Crippen LogP contribution >= 0.6 is 11.8 Å². The van der Waals surface area contributed by atoms with Crippen molar-refractivity contribution < 1.29 is 14.6 Å². The second-order valence-electron chi connectivity index (χ2n) is 3.78. The Kier molecular flexibility index (Phi) is 4.36. The van der Waals surface area contributed by atoms with Gasteiger partial charge in [-0.3, -0.25) is 0 Å². The van der Waals surface area contributed by atoms with E-state index in [1.807, 2.05) is 24.3 Å². The molecule has 2 nitrogen and oxygen atoms in total. The summed E-state index contributed by atoms with van der Waals surface area (Å²) in [6.45, 7) is -0.250. The summed E-state index contributed by atoms with van der Waals surface area (Å²) >= 11 is 1.41. The van der Waals surface area contributed by atoms with E-state index in [2.05, 4.69) is 0 Å². The quantitative estimate of drug-likeness (QED) is 0.892. The molecule has 0 saturated carbocycles. The standard InChI is InChI=1S/C14H13FO2S/c15-12-5-6-14(11(7-12)9-17)18-13-4-2-1-3-10(13)8-16/h1-7,16-17H,8-9H2. The molecule has 0 aliphatic rings. The van der Waals surface area contributed by atoms with Gasteiger partial charge in [0.1, 0.15) is 5.82 Å². The molecule has 0 aliphatic carbocycles. The minimum atomic E-state index is -0.362. The Morgan fingerprint density at radius 2 is 1.56 bits per heavy atom. The van der Waals surface area contributed by atoms with Gasteiger partial charge in [-0.05, 0) is 35.4 Å². The lowest BCUT2D eigenvalue weighted by Crippen LogP contribution is -1.91. The van der Waals surface area contributed by atoms with Crippen LogP contribution in [0.15, 0.2) is 52.3 Å². The van der Waals surface area contributed by atoms with Crippen molar-refractivity contribution in [2.24, 2.45) is 0 Å². The molecule has 94 valence electrons. The summed E-state index contributed by atoms with van der Waals surface area (Å²) in [7, 11) is 0.